The number of amides is 2. The second-order valence-electron chi connectivity index (χ2n) is 8.68. The lowest BCUT2D eigenvalue weighted by molar-refractivity contribution is -0.118. The van der Waals surface area contributed by atoms with Crippen LogP contribution in [0.4, 0.5) is 11.4 Å². The topological polar surface area (TPSA) is 67.4 Å². The molecule has 2 amide bonds. The maximum Gasteiger partial charge on any atom is 0.262 e. The van der Waals surface area contributed by atoms with Crippen molar-refractivity contribution in [3.8, 4) is 5.75 Å². The van der Waals surface area contributed by atoms with Gasteiger partial charge in [0.1, 0.15) is 5.75 Å². The van der Waals surface area contributed by atoms with E-state index >= 15 is 0 Å². The summed E-state index contributed by atoms with van der Waals surface area (Å²) in [4.78, 5) is 25.3. The molecule has 5 nitrogen and oxygen atoms in total. The maximum absolute atomic E-state index is 12.7. The van der Waals surface area contributed by atoms with Crippen LogP contribution < -0.4 is 15.4 Å². The lowest BCUT2D eigenvalue weighted by Gasteiger charge is -2.20. The highest BCUT2D eigenvalue weighted by atomic mass is 35.5. The molecule has 0 bridgehead atoms. The number of halogens is 3. The number of hydrogen-bond acceptors (Lipinski definition) is 3. The summed E-state index contributed by atoms with van der Waals surface area (Å²) in [6, 6.07) is 15.5. The van der Waals surface area contributed by atoms with Gasteiger partial charge in [0.15, 0.2) is 6.61 Å². The van der Waals surface area contributed by atoms with E-state index in [0.717, 1.165) is 16.8 Å². The molecule has 3 aromatic carbocycles. The van der Waals surface area contributed by atoms with Crippen molar-refractivity contribution >= 4 is 58.0 Å². The van der Waals surface area contributed by atoms with Gasteiger partial charge in [0.2, 0.25) is 0 Å². The zero-order valence-corrected chi connectivity index (χ0v) is 22.2. The fraction of sp³-hybridized carbons (Fsp3) is 0.259. The summed E-state index contributed by atoms with van der Waals surface area (Å²) in [6.07, 6.45) is 0. The molecular weight excluding hydrogens is 507 g/mol. The molecule has 35 heavy (non-hydrogen) atoms. The van der Waals surface area contributed by atoms with Crippen molar-refractivity contribution in [1.29, 1.82) is 0 Å². The minimum atomic E-state index is -0.396. The summed E-state index contributed by atoms with van der Waals surface area (Å²) < 4.78 is 5.64. The molecule has 2 N–H and O–H groups in total. The Hall–Kier alpha value is -2.73. The zero-order valence-electron chi connectivity index (χ0n) is 19.9. The van der Waals surface area contributed by atoms with E-state index in [0.29, 0.717) is 16.3 Å². The summed E-state index contributed by atoms with van der Waals surface area (Å²) in [5, 5.41) is 6.55. The fourth-order valence-corrected chi connectivity index (χ4v) is 4.48. The van der Waals surface area contributed by atoms with Crippen LogP contribution in [-0.4, -0.2) is 18.4 Å². The molecular formula is C27H27Cl3N2O3. The first-order valence-corrected chi connectivity index (χ1v) is 12.3. The van der Waals surface area contributed by atoms with Gasteiger partial charge in [0.05, 0.1) is 15.7 Å². The van der Waals surface area contributed by atoms with Crippen LogP contribution in [0.25, 0.3) is 0 Å². The van der Waals surface area contributed by atoms with E-state index in [4.69, 9.17) is 39.5 Å². The smallest absolute Gasteiger partial charge is 0.262 e. The molecule has 8 heteroatoms. The zero-order chi connectivity index (χ0) is 25.7. The van der Waals surface area contributed by atoms with Crippen LogP contribution in [0.1, 0.15) is 61.0 Å². The number of anilines is 2. The van der Waals surface area contributed by atoms with Gasteiger partial charge in [0, 0.05) is 16.3 Å². The van der Waals surface area contributed by atoms with Gasteiger partial charge in [0.25, 0.3) is 11.8 Å². The van der Waals surface area contributed by atoms with Crippen molar-refractivity contribution in [3.63, 3.8) is 0 Å². The average molecular weight is 534 g/mol. The molecule has 0 unspecified atom stereocenters. The lowest BCUT2D eigenvalue weighted by Crippen LogP contribution is -2.22. The van der Waals surface area contributed by atoms with E-state index < -0.39 is 5.91 Å². The Kier molecular flexibility index (Phi) is 9.06. The van der Waals surface area contributed by atoms with Crippen molar-refractivity contribution in [2.24, 2.45) is 0 Å². The van der Waals surface area contributed by atoms with Crippen molar-refractivity contribution in [2.75, 3.05) is 17.2 Å². The Bertz CT molecular complexity index is 1180. The molecule has 0 heterocycles. The van der Waals surface area contributed by atoms with E-state index in [1.807, 2.05) is 18.2 Å². The maximum atomic E-state index is 12.7. The van der Waals surface area contributed by atoms with Crippen LogP contribution in [0.5, 0.6) is 5.75 Å². The molecule has 0 atom stereocenters. The molecule has 0 saturated heterocycles. The summed E-state index contributed by atoms with van der Waals surface area (Å²) in [7, 11) is 0. The van der Waals surface area contributed by atoms with Crippen LogP contribution in [0.2, 0.25) is 15.1 Å². The van der Waals surface area contributed by atoms with Gasteiger partial charge in [-0.25, -0.2) is 0 Å². The van der Waals surface area contributed by atoms with Crippen LogP contribution in [0, 0.1) is 0 Å². The first-order valence-electron chi connectivity index (χ1n) is 11.2. The van der Waals surface area contributed by atoms with Crippen molar-refractivity contribution in [1.82, 2.24) is 0 Å². The van der Waals surface area contributed by atoms with E-state index in [1.165, 1.54) is 12.1 Å². The molecule has 3 rings (SSSR count). The predicted molar refractivity (Wildman–Crippen MR) is 145 cm³/mol. The number of hydrogen-bond donors (Lipinski definition) is 2. The molecule has 184 valence electrons. The number of carbonyl (C=O) groups is 2. The normalized spacial score (nSPS) is 11.0. The molecule has 0 aliphatic carbocycles. The number of nitrogens with one attached hydrogen (secondary N) is 2. The SMILES string of the molecule is CC(C)c1cccc(C(C)C)c1NC(=O)COc1ccc(C(=O)Nc2c(Cl)cc(Cl)cc2Cl)cc1. The van der Waals surface area contributed by atoms with E-state index in [1.54, 1.807) is 24.3 Å². The van der Waals surface area contributed by atoms with E-state index in [9.17, 15) is 9.59 Å². The monoisotopic (exact) mass is 532 g/mol. The predicted octanol–water partition coefficient (Wildman–Crippen LogP) is 8.16. The Morgan fingerprint density at radius 2 is 1.34 bits per heavy atom. The first kappa shape index (κ1) is 26.9. The number of rotatable bonds is 8. The van der Waals surface area contributed by atoms with Crippen molar-refractivity contribution in [3.05, 3.63) is 86.4 Å². The first-order chi connectivity index (χ1) is 16.6. The number of para-hydroxylation sites is 1. The second-order valence-corrected chi connectivity index (χ2v) is 9.93. The third-order valence-corrected chi connectivity index (χ3v) is 6.18. The highest BCUT2D eigenvalue weighted by molar-refractivity contribution is 6.42. The van der Waals surface area contributed by atoms with Gasteiger partial charge in [-0.3, -0.25) is 9.59 Å². The number of ether oxygens (including phenoxy) is 1. The Balaban J connectivity index is 1.63. The second kappa shape index (κ2) is 11.8. The van der Waals surface area contributed by atoms with Crippen molar-refractivity contribution in [2.45, 2.75) is 39.5 Å². The molecule has 0 radical (unpaired) electrons. The summed E-state index contributed by atoms with van der Waals surface area (Å²) in [5.74, 6) is 0.337. The molecule has 0 fully saturated rings. The van der Waals surface area contributed by atoms with E-state index in [2.05, 4.69) is 38.3 Å². The lowest BCUT2D eigenvalue weighted by atomic mass is 9.92. The fourth-order valence-electron chi connectivity index (χ4n) is 3.57. The van der Waals surface area contributed by atoms with Crippen molar-refractivity contribution < 1.29 is 14.3 Å². The van der Waals surface area contributed by atoms with Crippen LogP contribution in [0.3, 0.4) is 0 Å². The highest BCUT2D eigenvalue weighted by Gasteiger charge is 2.17. The third kappa shape index (κ3) is 6.91. The third-order valence-electron chi connectivity index (χ3n) is 5.37. The summed E-state index contributed by atoms with van der Waals surface area (Å²) in [5.41, 5.74) is 3.66. The highest BCUT2D eigenvalue weighted by Crippen LogP contribution is 2.34. The van der Waals surface area contributed by atoms with Gasteiger partial charge in [-0.15, -0.1) is 0 Å². The quantitative estimate of drug-likeness (QED) is 0.307. The molecule has 0 spiro atoms. The van der Waals surface area contributed by atoms with Gasteiger partial charge < -0.3 is 15.4 Å². The minimum absolute atomic E-state index is 0.161. The Labute approximate surface area is 220 Å². The number of benzene rings is 3. The Morgan fingerprint density at radius 1 is 0.800 bits per heavy atom. The van der Waals surface area contributed by atoms with Crippen LogP contribution >= 0.6 is 34.8 Å². The van der Waals surface area contributed by atoms with Crippen LogP contribution in [-0.2, 0) is 4.79 Å². The molecule has 0 saturated carbocycles. The van der Waals surface area contributed by atoms with Gasteiger partial charge in [-0.2, -0.15) is 0 Å². The minimum Gasteiger partial charge on any atom is -0.484 e. The van der Waals surface area contributed by atoms with Gasteiger partial charge >= 0.3 is 0 Å². The average Bonchev–Trinajstić information content (AvgIpc) is 2.80. The molecule has 0 aliphatic rings. The standard InChI is InChI=1S/C27H27Cl3N2O3/c1-15(2)20-6-5-7-21(16(3)4)25(20)31-24(33)14-35-19-10-8-17(9-11-19)27(34)32-26-22(29)12-18(28)13-23(26)30/h5-13,15-16H,14H2,1-4H3,(H,31,33)(H,32,34). The Morgan fingerprint density at radius 3 is 1.86 bits per heavy atom. The number of carbonyl (C=O) groups excluding carboxylic acids is 2. The molecule has 0 aliphatic heterocycles. The molecule has 3 aromatic rings. The summed E-state index contributed by atoms with van der Waals surface area (Å²) in [6.45, 7) is 8.22. The van der Waals surface area contributed by atoms with Crippen LogP contribution in [0.15, 0.2) is 54.6 Å². The summed E-state index contributed by atoms with van der Waals surface area (Å²) >= 11 is 18.2. The van der Waals surface area contributed by atoms with Gasteiger partial charge in [-0.1, -0.05) is 80.7 Å². The molecule has 0 aromatic heterocycles. The van der Waals surface area contributed by atoms with E-state index in [-0.39, 0.29) is 40.1 Å². The van der Waals surface area contributed by atoms with Gasteiger partial charge in [-0.05, 0) is 59.4 Å². The largest absolute Gasteiger partial charge is 0.484 e.